The van der Waals surface area contributed by atoms with Crippen molar-refractivity contribution in [2.24, 2.45) is 0 Å². The van der Waals surface area contributed by atoms with Gasteiger partial charge < -0.3 is 10.6 Å². The maximum atomic E-state index is 11.6. The molecule has 0 unspecified atom stereocenters. The first-order chi connectivity index (χ1) is 8.65. The lowest BCUT2D eigenvalue weighted by atomic mass is 10.2. The smallest absolute Gasteiger partial charge is 0.238 e. The number of fused-ring (bicyclic) bond motifs is 1. The molecule has 94 valence electrons. The van der Waals surface area contributed by atoms with Gasteiger partial charge in [-0.2, -0.15) is 0 Å². The fourth-order valence-electron chi connectivity index (χ4n) is 1.54. The summed E-state index contributed by atoms with van der Waals surface area (Å²) in [5.74, 6) is -0.0630. The number of hydrogen-bond acceptors (Lipinski definition) is 4. The van der Waals surface area contributed by atoms with E-state index in [2.05, 4.69) is 20.6 Å². The van der Waals surface area contributed by atoms with Gasteiger partial charge in [-0.15, -0.1) is 0 Å². The zero-order chi connectivity index (χ0) is 13.0. The lowest BCUT2D eigenvalue weighted by Crippen LogP contribution is -2.32. The molecule has 1 aromatic heterocycles. The molecule has 5 nitrogen and oxygen atoms in total. The van der Waals surface area contributed by atoms with Gasteiger partial charge in [0.1, 0.15) is 0 Å². The molecule has 0 aliphatic rings. The minimum Gasteiger partial charge on any atom is -0.325 e. The molecule has 2 aromatic rings. The quantitative estimate of drug-likeness (QED) is 0.856. The summed E-state index contributed by atoms with van der Waals surface area (Å²) in [5.41, 5.74) is 2.32. The van der Waals surface area contributed by atoms with E-state index in [9.17, 15) is 4.79 Å². The number of rotatable bonds is 4. The van der Waals surface area contributed by atoms with Crippen molar-refractivity contribution in [3.63, 3.8) is 0 Å². The lowest BCUT2D eigenvalue weighted by Gasteiger charge is -2.09. The minimum absolute atomic E-state index is 0.0630. The second-order valence-electron chi connectivity index (χ2n) is 4.34. The third-order valence-electron chi connectivity index (χ3n) is 2.42. The number of nitrogens with zero attached hydrogens (tertiary/aromatic N) is 2. The standard InChI is InChI=1S/C13H16N4O/c1-9(2)16-8-13(18)17-10-3-4-11-12(7-10)15-6-5-14-11/h3-7,9,16H,8H2,1-2H3,(H,17,18). The highest BCUT2D eigenvalue weighted by Crippen LogP contribution is 2.14. The molecule has 2 rings (SSSR count). The number of amides is 1. The van der Waals surface area contributed by atoms with Gasteiger partial charge >= 0.3 is 0 Å². The van der Waals surface area contributed by atoms with Crippen LogP contribution in [0.1, 0.15) is 13.8 Å². The van der Waals surface area contributed by atoms with Crippen LogP contribution in [0.15, 0.2) is 30.6 Å². The van der Waals surface area contributed by atoms with Gasteiger partial charge in [0, 0.05) is 24.1 Å². The molecule has 0 fully saturated rings. The first-order valence-electron chi connectivity index (χ1n) is 5.89. The van der Waals surface area contributed by atoms with E-state index < -0.39 is 0 Å². The van der Waals surface area contributed by atoms with E-state index in [1.807, 2.05) is 32.0 Å². The van der Waals surface area contributed by atoms with Crippen LogP contribution in [0, 0.1) is 0 Å². The van der Waals surface area contributed by atoms with E-state index >= 15 is 0 Å². The Hall–Kier alpha value is -2.01. The highest BCUT2D eigenvalue weighted by atomic mass is 16.1. The molecule has 0 aliphatic carbocycles. The predicted molar refractivity (Wildman–Crippen MR) is 71.3 cm³/mol. The van der Waals surface area contributed by atoms with Gasteiger partial charge in [0.15, 0.2) is 0 Å². The summed E-state index contributed by atoms with van der Waals surface area (Å²) in [6.07, 6.45) is 3.28. The van der Waals surface area contributed by atoms with Crippen LogP contribution in [-0.2, 0) is 4.79 Å². The van der Waals surface area contributed by atoms with E-state index in [-0.39, 0.29) is 5.91 Å². The molecule has 0 saturated carbocycles. The SMILES string of the molecule is CC(C)NCC(=O)Nc1ccc2nccnc2c1. The fourth-order valence-corrected chi connectivity index (χ4v) is 1.54. The number of carbonyl (C=O) groups excluding carboxylic acids is 1. The van der Waals surface area contributed by atoms with Crippen LogP contribution >= 0.6 is 0 Å². The fraction of sp³-hybridized carbons (Fsp3) is 0.308. The highest BCUT2D eigenvalue weighted by Gasteiger charge is 2.04. The van der Waals surface area contributed by atoms with Crippen molar-refractivity contribution in [1.82, 2.24) is 15.3 Å². The molecule has 1 heterocycles. The molecular weight excluding hydrogens is 228 g/mol. The topological polar surface area (TPSA) is 66.9 Å². The van der Waals surface area contributed by atoms with Crippen molar-refractivity contribution in [2.75, 3.05) is 11.9 Å². The Morgan fingerprint density at radius 1 is 1.22 bits per heavy atom. The molecular formula is C13H16N4O. The van der Waals surface area contributed by atoms with Crippen molar-refractivity contribution in [2.45, 2.75) is 19.9 Å². The van der Waals surface area contributed by atoms with E-state index in [0.29, 0.717) is 12.6 Å². The second-order valence-corrected chi connectivity index (χ2v) is 4.34. The van der Waals surface area contributed by atoms with Crippen LogP contribution in [0.2, 0.25) is 0 Å². The molecule has 0 aliphatic heterocycles. The summed E-state index contributed by atoms with van der Waals surface area (Å²) >= 11 is 0. The highest BCUT2D eigenvalue weighted by molar-refractivity contribution is 5.94. The van der Waals surface area contributed by atoms with Crippen LogP contribution in [0.4, 0.5) is 5.69 Å². The summed E-state index contributed by atoms with van der Waals surface area (Å²) in [6, 6.07) is 5.77. The zero-order valence-electron chi connectivity index (χ0n) is 10.5. The van der Waals surface area contributed by atoms with E-state index in [0.717, 1.165) is 16.7 Å². The number of aromatic nitrogens is 2. The number of anilines is 1. The second kappa shape index (κ2) is 5.55. The Bertz CT molecular complexity index is 553. The van der Waals surface area contributed by atoms with Crippen molar-refractivity contribution in [3.8, 4) is 0 Å². The third-order valence-corrected chi connectivity index (χ3v) is 2.42. The molecule has 5 heteroatoms. The Balaban J connectivity index is 2.05. The largest absolute Gasteiger partial charge is 0.325 e. The van der Waals surface area contributed by atoms with Crippen molar-refractivity contribution in [1.29, 1.82) is 0 Å². The van der Waals surface area contributed by atoms with Crippen LogP contribution < -0.4 is 10.6 Å². The van der Waals surface area contributed by atoms with Crippen LogP contribution in [0.3, 0.4) is 0 Å². The van der Waals surface area contributed by atoms with Crippen LogP contribution in [0.25, 0.3) is 11.0 Å². The molecule has 18 heavy (non-hydrogen) atoms. The van der Waals surface area contributed by atoms with Gasteiger partial charge in [-0.1, -0.05) is 13.8 Å². The van der Waals surface area contributed by atoms with Crippen molar-refractivity contribution in [3.05, 3.63) is 30.6 Å². The molecule has 1 amide bonds. The average molecular weight is 244 g/mol. The molecule has 0 radical (unpaired) electrons. The number of hydrogen-bond donors (Lipinski definition) is 2. The molecule has 0 spiro atoms. The number of benzene rings is 1. The van der Waals surface area contributed by atoms with Crippen molar-refractivity contribution >= 4 is 22.6 Å². The first-order valence-corrected chi connectivity index (χ1v) is 5.89. The van der Waals surface area contributed by atoms with Crippen LogP contribution in [0.5, 0.6) is 0 Å². The average Bonchev–Trinajstić information content (AvgIpc) is 2.36. The van der Waals surface area contributed by atoms with Crippen molar-refractivity contribution < 1.29 is 4.79 Å². The summed E-state index contributed by atoms with van der Waals surface area (Å²) in [7, 11) is 0. The van der Waals surface area contributed by atoms with E-state index in [1.54, 1.807) is 12.4 Å². The lowest BCUT2D eigenvalue weighted by molar-refractivity contribution is -0.115. The number of carbonyl (C=O) groups is 1. The molecule has 0 saturated heterocycles. The van der Waals surface area contributed by atoms with E-state index in [4.69, 9.17) is 0 Å². The van der Waals surface area contributed by atoms with Gasteiger partial charge in [0.25, 0.3) is 0 Å². The Kier molecular flexibility index (Phi) is 3.84. The Labute approximate surface area is 106 Å². The molecule has 0 atom stereocenters. The van der Waals surface area contributed by atoms with Gasteiger partial charge in [-0.25, -0.2) is 0 Å². The van der Waals surface area contributed by atoms with E-state index in [1.165, 1.54) is 0 Å². The monoisotopic (exact) mass is 244 g/mol. The minimum atomic E-state index is -0.0630. The predicted octanol–water partition coefficient (Wildman–Crippen LogP) is 1.57. The van der Waals surface area contributed by atoms with Crippen LogP contribution in [-0.4, -0.2) is 28.5 Å². The van der Waals surface area contributed by atoms with Gasteiger partial charge in [-0.3, -0.25) is 14.8 Å². The van der Waals surface area contributed by atoms with Gasteiger partial charge in [-0.05, 0) is 18.2 Å². The molecule has 2 N–H and O–H groups in total. The van der Waals surface area contributed by atoms with Gasteiger partial charge in [0.2, 0.25) is 5.91 Å². The summed E-state index contributed by atoms with van der Waals surface area (Å²) in [5, 5.41) is 5.88. The zero-order valence-corrected chi connectivity index (χ0v) is 10.5. The summed E-state index contributed by atoms with van der Waals surface area (Å²) < 4.78 is 0. The summed E-state index contributed by atoms with van der Waals surface area (Å²) in [6.45, 7) is 4.30. The number of nitrogens with one attached hydrogen (secondary N) is 2. The third kappa shape index (κ3) is 3.24. The molecule has 0 bridgehead atoms. The maximum Gasteiger partial charge on any atom is 0.238 e. The Morgan fingerprint density at radius 3 is 2.67 bits per heavy atom. The maximum absolute atomic E-state index is 11.6. The molecule has 1 aromatic carbocycles. The normalized spacial score (nSPS) is 10.8. The Morgan fingerprint density at radius 2 is 1.94 bits per heavy atom. The first kappa shape index (κ1) is 12.4. The summed E-state index contributed by atoms with van der Waals surface area (Å²) in [4.78, 5) is 20.0. The van der Waals surface area contributed by atoms with Gasteiger partial charge in [0.05, 0.1) is 17.6 Å².